The first kappa shape index (κ1) is 20.7. The van der Waals surface area contributed by atoms with Crippen LogP contribution >= 0.6 is 15.9 Å². The molecule has 0 bridgehead atoms. The molecule has 0 atom stereocenters. The number of aromatic nitrogens is 2. The lowest BCUT2D eigenvalue weighted by molar-refractivity contribution is 0.0696. The number of nitrogens with zero attached hydrogens (tertiary/aromatic N) is 2. The monoisotopic (exact) mass is 482 g/mol. The summed E-state index contributed by atoms with van der Waals surface area (Å²) in [6.45, 7) is 3.52. The van der Waals surface area contributed by atoms with Gasteiger partial charge in [0, 0.05) is 4.47 Å². The van der Waals surface area contributed by atoms with E-state index < -0.39 is 23.4 Å². The minimum atomic E-state index is -1.28. The maximum Gasteiger partial charge on any atom is 0.340 e. The summed E-state index contributed by atoms with van der Waals surface area (Å²) in [6, 6.07) is 13.6. The molecule has 6 nitrogen and oxygen atoms in total. The Morgan fingerprint density at radius 3 is 2.32 bits per heavy atom. The van der Waals surface area contributed by atoms with E-state index in [0.29, 0.717) is 32.2 Å². The normalized spacial score (nSPS) is 11.1. The molecule has 1 N–H and O–H groups in total. The Bertz CT molecular complexity index is 1430. The number of hydrogen-bond donors (Lipinski definition) is 1. The fourth-order valence-corrected chi connectivity index (χ4v) is 4.31. The Balaban J connectivity index is 2.07. The van der Waals surface area contributed by atoms with E-state index in [1.54, 1.807) is 50.2 Å². The number of carboxylic acids is 1. The third-order valence-electron chi connectivity index (χ3n) is 5.14. The minimum Gasteiger partial charge on any atom is -0.478 e. The zero-order valence-corrected chi connectivity index (χ0v) is 18.1. The Hall–Kier alpha value is -3.52. The number of benzene rings is 3. The minimum absolute atomic E-state index is 0.138. The van der Waals surface area contributed by atoms with Crippen molar-refractivity contribution in [2.24, 2.45) is 0 Å². The second-order valence-corrected chi connectivity index (χ2v) is 7.96. The molecular formula is C23H16BrFN2O4. The van der Waals surface area contributed by atoms with Gasteiger partial charge < -0.3 is 5.11 Å². The van der Waals surface area contributed by atoms with Crippen LogP contribution in [0.15, 0.2) is 63.9 Å². The Morgan fingerprint density at radius 1 is 1.00 bits per heavy atom. The van der Waals surface area contributed by atoms with Crippen LogP contribution in [0.4, 0.5) is 4.39 Å². The molecule has 0 radical (unpaired) electrons. The van der Waals surface area contributed by atoms with Gasteiger partial charge in [0.1, 0.15) is 5.82 Å². The third kappa shape index (κ3) is 3.29. The van der Waals surface area contributed by atoms with E-state index in [9.17, 15) is 18.8 Å². The van der Waals surface area contributed by atoms with Gasteiger partial charge in [0.15, 0.2) is 0 Å². The number of fused-ring (bicyclic) bond motifs is 1. The highest BCUT2D eigenvalue weighted by atomic mass is 79.9. The van der Waals surface area contributed by atoms with Crippen LogP contribution in [-0.4, -0.2) is 26.1 Å². The second-order valence-electron chi connectivity index (χ2n) is 7.10. The molecule has 0 spiro atoms. The number of aromatic carboxylic acids is 1. The highest BCUT2D eigenvalue weighted by Gasteiger charge is 2.25. The molecule has 0 unspecified atom stereocenters. The van der Waals surface area contributed by atoms with Gasteiger partial charge in [-0.2, -0.15) is 0 Å². The smallest absolute Gasteiger partial charge is 0.340 e. The van der Waals surface area contributed by atoms with Crippen LogP contribution in [0, 0.1) is 19.7 Å². The van der Waals surface area contributed by atoms with E-state index >= 15 is 0 Å². The maximum absolute atomic E-state index is 14.8. The van der Waals surface area contributed by atoms with Gasteiger partial charge in [-0.15, -0.1) is 0 Å². The molecule has 156 valence electrons. The van der Waals surface area contributed by atoms with Crippen molar-refractivity contribution in [1.29, 1.82) is 0 Å². The zero-order chi connectivity index (χ0) is 22.4. The first-order valence-corrected chi connectivity index (χ1v) is 10.1. The van der Waals surface area contributed by atoms with E-state index in [0.717, 1.165) is 15.2 Å². The molecule has 0 aliphatic rings. The predicted octanol–water partition coefficient (Wildman–Crippen LogP) is 4.70. The lowest BCUT2D eigenvalue weighted by Gasteiger charge is -2.09. The summed E-state index contributed by atoms with van der Waals surface area (Å²) in [5, 5.41) is 9.10. The van der Waals surface area contributed by atoms with Gasteiger partial charge in [-0.05, 0) is 71.2 Å². The molecule has 0 saturated carbocycles. The Morgan fingerprint density at radius 2 is 1.68 bits per heavy atom. The van der Waals surface area contributed by atoms with Gasteiger partial charge in [0.05, 0.1) is 27.8 Å². The third-order valence-corrected chi connectivity index (χ3v) is 5.80. The summed E-state index contributed by atoms with van der Waals surface area (Å²) < 4.78 is 17.5. The predicted molar refractivity (Wildman–Crippen MR) is 118 cm³/mol. The Labute approximate surface area is 184 Å². The number of rotatable bonds is 3. The average Bonchev–Trinajstić information content (AvgIpc) is 3.01. The molecule has 8 heteroatoms. The summed E-state index contributed by atoms with van der Waals surface area (Å²) in [6.07, 6.45) is 0. The van der Waals surface area contributed by atoms with Crippen LogP contribution in [-0.2, 0) is 0 Å². The zero-order valence-electron chi connectivity index (χ0n) is 16.5. The maximum atomic E-state index is 14.8. The first-order valence-electron chi connectivity index (χ1n) is 9.28. The van der Waals surface area contributed by atoms with Crippen LogP contribution in [0.3, 0.4) is 0 Å². The van der Waals surface area contributed by atoms with Crippen LogP contribution in [0.25, 0.3) is 16.7 Å². The molecule has 4 rings (SSSR count). The molecule has 0 fully saturated rings. The number of para-hydroxylation sites is 1. The highest BCUT2D eigenvalue weighted by molar-refractivity contribution is 9.10. The average molecular weight is 483 g/mol. The molecule has 1 aromatic heterocycles. The van der Waals surface area contributed by atoms with Crippen molar-refractivity contribution in [3.05, 3.63) is 97.6 Å². The topological polar surface area (TPSA) is 81.3 Å². The lowest BCUT2D eigenvalue weighted by atomic mass is 10.1. The number of carbonyl (C=O) groups excluding carboxylic acids is 1. The van der Waals surface area contributed by atoms with Crippen molar-refractivity contribution in [1.82, 2.24) is 9.13 Å². The van der Waals surface area contributed by atoms with Crippen LogP contribution in [0.2, 0.25) is 0 Å². The SMILES string of the molecule is Cc1cccc(Br)c1C(=O)n1c(=O)n(-c2ccc(C(=O)O)cc2F)c2cccc(C)c21. The fraction of sp³-hybridized carbons (Fsp3) is 0.0870. The molecule has 1 heterocycles. The van der Waals surface area contributed by atoms with Gasteiger partial charge in [0.2, 0.25) is 0 Å². The number of imidazole rings is 1. The Kier molecular flexibility index (Phi) is 5.10. The quantitative estimate of drug-likeness (QED) is 0.458. The van der Waals surface area contributed by atoms with Gasteiger partial charge >= 0.3 is 11.7 Å². The summed E-state index contributed by atoms with van der Waals surface area (Å²) in [5.41, 5.74) is 1.24. The van der Waals surface area contributed by atoms with Crippen molar-refractivity contribution in [3.8, 4) is 5.69 Å². The van der Waals surface area contributed by atoms with E-state index in [1.165, 1.54) is 12.1 Å². The molecule has 0 aliphatic carbocycles. The molecule has 0 aliphatic heterocycles. The van der Waals surface area contributed by atoms with Crippen LogP contribution in [0.5, 0.6) is 0 Å². The van der Waals surface area contributed by atoms with Gasteiger partial charge in [0.25, 0.3) is 5.91 Å². The van der Waals surface area contributed by atoms with E-state index in [1.807, 2.05) is 0 Å². The molecule has 3 aromatic carbocycles. The van der Waals surface area contributed by atoms with Crippen LogP contribution in [0.1, 0.15) is 31.8 Å². The fourth-order valence-electron chi connectivity index (χ4n) is 3.67. The first-order chi connectivity index (χ1) is 14.7. The number of aryl methyl sites for hydroxylation is 2. The highest BCUT2D eigenvalue weighted by Crippen LogP contribution is 2.26. The van der Waals surface area contributed by atoms with E-state index in [-0.39, 0.29) is 11.3 Å². The number of carboxylic acid groups (broad SMARTS) is 1. The molecule has 4 aromatic rings. The van der Waals surface area contributed by atoms with E-state index in [4.69, 9.17) is 5.11 Å². The largest absolute Gasteiger partial charge is 0.478 e. The number of carbonyl (C=O) groups is 2. The number of halogens is 2. The summed E-state index contributed by atoms with van der Waals surface area (Å²) >= 11 is 3.38. The molecular weight excluding hydrogens is 467 g/mol. The molecule has 0 saturated heterocycles. The number of hydrogen-bond acceptors (Lipinski definition) is 3. The van der Waals surface area contributed by atoms with Crippen molar-refractivity contribution in [2.75, 3.05) is 0 Å². The molecule has 0 amide bonds. The van der Waals surface area contributed by atoms with E-state index in [2.05, 4.69) is 15.9 Å². The van der Waals surface area contributed by atoms with Crippen molar-refractivity contribution < 1.29 is 19.1 Å². The van der Waals surface area contributed by atoms with Gasteiger partial charge in [-0.25, -0.2) is 18.5 Å². The summed E-state index contributed by atoms with van der Waals surface area (Å²) in [7, 11) is 0. The van der Waals surface area contributed by atoms with Crippen LogP contribution < -0.4 is 5.69 Å². The van der Waals surface area contributed by atoms with Crippen molar-refractivity contribution >= 4 is 38.8 Å². The van der Waals surface area contributed by atoms with Crippen molar-refractivity contribution in [3.63, 3.8) is 0 Å². The standard InChI is InChI=1S/C23H16BrFN2O4/c1-12-5-3-7-15(24)19(12)21(28)27-20-13(2)6-4-8-18(20)26(23(27)31)17-10-9-14(22(29)30)11-16(17)25/h3-11H,1-2H3,(H,29,30). The summed E-state index contributed by atoms with van der Waals surface area (Å²) in [5.74, 6) is -2.71. The van der Waals surface area contributed by atoms with Gasteiger partial charge in [-0.1, -0.05) is 24.3 Å². The lowest BCUT2D eigenvalue weighted by Crippen LogP contribution is -2.30. The van der Waals surface area contributed by atoms with Gasteiger partial charge in [-0.3, -0.25) is 9.36 Å². The second kappa shape index (κ2) is 7.63. The molecule has 31 heavy (non-hydrogen) atoms. The van der Waals surface area contributed by atoms with Crippen molar-refractivity contribution in [2.45, 2.75) is 13.8 Å². The summed E-state index contributed by atoms with van der Waals surface area (Å²) in [4.78, 5) is 38.1.